The molecule has 3 nitrogen and oxygen atoms in total. The molecule has 1 aliphatic carbocycles. The number of hydrogen-bond acceptors (Lipinski definition) is 3. The smallest absolute Gasteiger partial charge is 0.137 e. The number of nitrogens with zero attached hydrogens (tertiary/aromatic N) is 1. The Labute approximate surface area is 129 Å². The number of ether oxygens (including phenoxy) is 1. The summed E-state index contributed by atoms with van der Waals surface area (Å²) in [5.74, 6) is 2.38. The van der Waals surface area contributed by atoms with Crippen LogP contribution in [0.1, 0.15) is 70.4 Å². The summed E-state index contributed by atoms with van der Waals surface area (Å²) in [5.41, 5.74) is 7.62. The van der Waals surface area contributed by atoms with E-state index in [0.717, 1.165) is 30.3 Å². The molecular weight excluding hydrogens is 260 g/mol. The molecule has 3 heteroatoms. The van der Waals surface area contributed by atoms with Gasteiger partial charge in [0, 0.05) is 12.2 Å². The second-order valence-corrected chi connectivity index (χ2v) is 6.40. The first-order chi connectivity index (χ1) is 10.2. The zero-order chi connectivity index (χ0) is 15.1. The van der Waals surface area contributed by atoms with Crippen LogP contribution in [-0.2, 0) is 0 Å². The molecular formula is C18H30N2O. The van der Waals surface area contributed by atoms with Crippen LogP contribution >= 0.6 is 0 Å². The van der Waals surface area contributed by atoms with Gasteiger partial charge in [0.15, 0.2) is 0 Å². The van der Waals surface area contributed by atoms with Crippen molar-refractivity contribution in [1.82, 2.24) is 4.98 Å². The maximum atomic E-state index is 6.49. The lowest BCUT2D eigenvalue weighted by Gasteiger charge is -2.32. The van der Waals surface area contributed by atoms with E-state index in [0.29, 0.717) is 5.92 Å². The standard InChI is InChI=1S/C18H30N2O/c1-3-5-14-6-8-15(9-7-14)18(19)16-11-17(13-20-12-16)21-10-4-2/h11-15,18H,3-10,19H2,1-2H3. The number of aromatic nitrogens is 1. The van der Waals surface area contributed by atoms with Crippen LogP contribution in [0.2, 0.25) is 0 Å². The van der Waals surface area contributed by atoms with E-state index in [9.17, 15) is 0 Å². The topological polar surface area (TPSA) is 48.1 Å². The summed E-state index contributed by atoms with van der Waals surface area (Å²) in [7, 11) is 0. The van der Waals surface area contributed by atoms with Gasteiger partial charge in [-0.15, -0.1) is 0 Å². The third-order valence-electron chi connectivity index (χ3n) is 4.69. The highest BCUT2D eigenvalue weighted by molar-refractivity contribution is 5.26. The number of hydrogen-bond donors (Lipinski definition) is 1. The van der Waals surface area contributed by atoms with Crippen molar-refractivity contribution in [3.8, 4) is 5.75 Å². The molecule has 0 aliphatic heterocycles. The number of rotatable bonds is 7. The molecule has 0 bridgehead atoms. The van der Waals surface area contributed by atoms with E-state index in [1.165, 1.54) is 38.5 Å². The minimum absolute atomic E-state index is 0.102. The summed E-state index contributed by atoms with van der Waals surface area (Å²) in [6.07, 6.45) is 12.6. The maximum Gasteiger partial charge on any atom is 0.137 e. The molecule has 1 unspecified atom stereocenters. The third-order valence-corrected chi connectivity index (χ3v) is 4.69. The fourth-order valence-electron chi connectivity index (χ4n) is 3.43. The monoisotopic (exact) mass is 290 g/mol. The van der Waals surface area contributed by atoms with E-state index >= 15 is 0 Å². The SMILES string of the molecule is CCCOc1cncc(C(N)C2CCC(CCC)CC2)c1. The van der Waals surface area contributed by atoms with Gasteiger partial charge in [-0.2, -0.15) is 0 Å². The van der Waals surface area contributed by atoms with Gasteiger partial charge in [-0.25, -0.2) is 0 Å². The second-order valence-electron chi connectivity index (χ2n) is 6.40. The highest BCUT2D eigenvalue weighted by atomic mass is 16.5. The lowest BCUT2D eigenvalue weighted by atomic mass is 9.76. The normalized spacial score (nSPS) is 23.8. The molecule has 21 heavy (non-hydrogen) atoms. The molecule has 118 valence electrons. The highest BCUT2D eigenvalue weighted by Gasteiger charge is 2.26. The van der Waals surface area contributed by atoms with E-state index in [-0.39, 0.29) is 6.04 Å². The first-order valence-corrected chi connectivity index (χ1v) is 8.57. The van der Waals surface area contributed by atoms with Crippen molar-refractivity contribution in [1.29, 1.82) is 0 Å². The van der Waals surface area contributed by atoms with E-state index in [2.05, 4.69) is 24.9 Å². The average Bonchev–Trinajstić information content (AvgIpc) is 2.53. The Kier molecular flexibility index (Phi) is 6.50. The quantitative estimate of drug-likeness (QED) is 0.805. The van der Waals surface area contributed by atoms with Crippen LogP contribution in [0.3, 0.4) is 0 Å². The zero-order valence-corrected chi connectivity index (χ0v) is 13.6. The van der Waals surface area contributed by atoms with Gasteiger partial charge in [-0.3, -0.25) is 4.98 Å². The molecule has 1 saturated carbocycles. The van der Waals surface area contributed by atoms with Gasteiger partial charge in [0.25, 0.3) is 0 Å². The molecule has 1 heterocycles. The first-order valence-electron chi connectivity index (χ1n) is 8.57. The Balaban J connectivity index is 1.92. The van der Waals surface area contributed by atoms with Crippen molar-refractivity contribution in [2.75, 3.05) is 6.61 Å². The van der Waals surface area contributed by atoms with Crippen LogP contribution < -0.4 is 10.5 Å². The molecule has 1 aromatic rings. The molecule has 1 fully saturated rings. The Morgan fingerprint density at radius 3 is 2.62 bits per heavy atom. The molecule has 0 radical (unpaired) electrons. The Morgan fingerprint density at radius 1 is 1.19 bits per heavy atom. The van der Waals surface area contributed by atoms with Crippen LogP contribution in [0.5, 0.6) is 5.75 Å². The Bertz CT molecular complexity index is 413. The molecule has 0 spiro atoms. The fourth-order valence-corrected chi connectivity index (χ4v) is 3.43. The van der Waals surface area contributed by atoms with Gasteiger partial charge in [0.1, 0.15) is 5.75 Å². The van der Waals surface area contributed by atoms with E-state index in [4.69, 9.17) is 10.5 Å². The Hall–Kier alpha value is -1.09. The van der Waals surface area contributed by atoms with Crippen LogP contribution in [0.4, 0.5) is 0 Å². The van der Waals surface area contributed by atoms with Crippen molar-refractivity contribution in [3.05, 3.63) is 24.0 Å². The van der Waals surface area contributed by atoms with Crippen molar-refractivity contribution >= 4 is 0 Å². The summed E-state index contributed by atoms with van der Waals surface area (Å²) in [5, 5.41) is 0. The van der Waals surface area contributed by atoms with Gasteiger partial charge in [-0.1, -0.05) is 39.5 Å². The number of nitrogens with two attached hydrogens (primary N) is 1. The molecule has 2 N–H and O–H groups in total. The highest BCUT2D eigenvalue weighted by Crippen LogP contribution is 2.37. The molecule has 1 aliphatic rings. The first kappa shape index (κ1) is 16.3. The summed E-state index contributed by atoms with van der Waals surface area (Å²) < 4.78 is 5.66. The Morgan fingerprint density at radius 2 is 1.95 bits per heavy atom. The fraction of sp³-hybridized carbons (Fsp3) is 0.722. The van der Waals surface area contributed by atoms with Crippen molar-refractivity contribution in [3.63, 3.8) is 0 Å². The molecule has 2 rings (SSSR count). The van der Waals surface area contributed by atoms with Crippen LogP contribution in [0.15, 0.2) is 18.5 Å². The van der Waals surface area contributed by atoms with Gasteiger partial charge in [0.05, 0.1) is 12.8 Å². The molecule has 1 atom stereocenters. The summed E-state index contributed by atoms with van der Waals surface area (Å²) >= 11 is 0. The van der Waals surface area contributed by atoms with E-state index in [1.807, 2.05) is 6.20 Å². The van der Waals surface area contributed by atoms with Gasteiger partial charge in [0.2, 0.25) is 0 Å². The lowest BCUT2D eigenvalue weighted by molar-refractivity contribution is 0.234. The molecule has 0 amide bonds. The maximum absolute atomic E-state index is 6.49. The molecule has 0 aromatic carbocycles. The third kappa shape index (κ3) is 4.70. The van der Waals surface area contributed by atoms with Gasteiger partial charge in [-0.05, 0) is 42.7 Å². The second kappa shape index (κ2) is 8.38. The van der Waals surface area contributed by atoms with Crippen LogP contribution in [-0.4, -0.2) is 11.6 Å². The zero-order valence-electron chi connectivity index (χ0n) is 13.6. The minimum Gasteiger partial charge on any atom is -0.492 e. The summed E-state index contributed by atoms with van der Waals surface area (Å²) in [4.78, 5) is 4.29. The molecule has 1 aromatic heterocycles. The van der Waals surface area contributed by atoms with Crippen molar-refractivity contribution in [2.45, 2.75) is 64.8 Å². The van der Waals surface area contributed by atoms with E-state index < -0.39 is 0 Å². The summed E-state index contributed by atoms with van der Waals surface area (Å²) in [6, 6.07) is 2.18. The van der Waals surface area contributed by atoms with Crippen LogP contribution in [0.25, 0.3) is 0 Å². The van der Waals surface area contributed by atoms with Crippen molar-refractivity contribution in [2.24, 2.45) is 17.6 Å². The summed E-state index contributed by atoms with van der Waals surface area (Å²) in [6.45, 7) is 5.13. The van der Waals surface area contributed by atoms with Crippen molar-refractivity contribution < 1.29 is 4.74 Å². The average molecular weight is 290 g/mol. The predicted octanol–water partition coefficient (Wildman–Crippen LogP) is 4.48. The number of pyridine rings is 1. The van der Waals surface area contributed by atoms with Crippen LogP contribution in [0, 0.1) is 11.8 Å². The minimum atomic E-state index is 0.102. The van der Waals surface area contributed by atoms with E-state index in [1.54, 1.807) is 6.20 Å². The van der Waals surface area contributed by atoms with Gasteiger partial charge < -0.3 is 10.5 Å². The van der Waals surface area contributed by atoms with Gasteiger partial charge >= 0.3 is 0 Å². The largest absolute Gasteiger partial charge is 0.492 e. The lowest BCUT2D eigenvalue weighted by Crippen LogP contribution is -2.26. The molecule has 0 saturated heterocycles. The predicted molar refractivity (Wildman–Crippen MR) is 87.3 cm³/mol.